The second-order valence-electron chi connectivity index (χ2n) is 5.79. The standard InChI is InChI=1S/C19H19FN2O3/c1-25-17-10-5-2-7-14(17)19(24)22(13-21-12-6-11-18(21)23)16-9-4-3-8-15(16)20/h2-5,7-10H,6,11-13H2,1H3. The number of nitrogens with zero attached hydrogens (tertiary/aromatic N) is 2. The molecule has 1 heterocycles. The predicted octanol–water partition coefficient (Wildman–Crippen LogP) is 3.06. The number of amides is 2. The van der Waals surface area contributed by atoms with Crippen molar-refractivity contribution in [1.82, 2.24) is 4.90 Å². The van der Waals surface area contributed by atoms with E-state index in [1.807, 2.05) is 0 Å². The summed E-state index contributed by atoms with van der Waals surface area (Å²) in [4.78, 5) is 27.9. The molecule has 0 radical (unpaired) electrons. The summed E-state index contributed by atoms with van der Waals surface area (Å²) in [5.74, 6) is -0.560. The lowest BCUT2D eigenvalue weighted by Gasteiger charge is -2.28. The fraction of sp³-hybridized carbons (Fsp3) is 0.263. The van der Waals surface area contributed by atoms with Gasteiger partial charge in [0.15, 0.2) is 0 Å². The van der Waals surface area contributed by atoms with E-state index in [1.54, 1.807) is 41.3 Å². The highest BCUT2D eigenvalue weighted by atomic mass is 19.1. The van der Waals surface area contributed by atoms with Gasteiger partial charge >= 0.3 is 0 Å². The summed E-state index contributed by atoms with van der Waals surface area (Å²) >= 11 is 0. The molecule has 2 aromatic rings. The van der Waals surface area contributed by atoms with Crippen LogP contribution in [-0.2, 0) is 4.79 Å². The first-order valence-corrected chi connectivity index (χ1v) is 8.09. The zero-order valence-electron chi connectivity index (χ0n) is 13.9. The van der Waals surface area contributed by atoms with E-state index in [0.717, 1.165) is 6.42 Å². The quantitative estimate of drug-likeness (QED) is 0.839. The molecular formula is C19H19FN2O3. The molecule has 1 fully saturated rings. The highest BCUT2D eigenvalue weighted by molar-refractivity contribution is 6.08. The Morgan fingerprint density at radius 1 is 1.20 bits per heavy atom. The molecule has 0 saturated carbocycles. The average molecular weight is 342 g/mol. The van der Waals surface area contributed by atoms with E-state index in [0.29, 0.717) is 24.3 Å². The summed E-state index contributed by atoms with van der Waals surface area (Å²) in [7, 11) is 1.48. The molecule has 130 valence electrons. The number of hydrogen-bond acceptors (Lipinski definition) is 3. The van der Waals surface area contributed by atoms with Gasteiger partial charge in [0.05, 0.1) is 18.4 Å². The Kier molecular flexibility index (Phi) is 4.97. The third kappa shape index (κ3) is 3.47. The maximum absolute atomic E-state index is 14.3. The van der Waals surface area contributed by atoms with Crippen LogP contribution in [0, 0.1) is 5.82 Å². The summed E-state index contributed by atoms with van der Waals surface area (Å²) in [6.07, 6.45) is 1.20. The lowest BCUT2D eigenvalue weighted by Crippen LogP contribution is -2.42. The second-order valence-corrected chi connectivity index (χ2v) is 5.79. The molecule has 1 aliphatic heterocycles. The number of benzene rings is 2. The molecule has 0 atom stereocenters. The van der Waals surface area contributed by atoms with Gasteiger partial charge in [-0.3, -0.25) is 14.5 Å². The van der Waals surface area contributed by atoms with Crippen molar-refractivity contribution in [2.24, 2.45) is 0 Å². The number of carbonyl (C=O) groups excluding carboxylic acids is 2. The lowest BCUT2D eigenvalue weighted by atomic mass is 10.1. The molecule has 25 heavy (non-hydrogen) atoms. The van der Waals surface area contributed by atoms with E-state index in [9.17, 15) is 14.0 Å². The molecule has 0 unspecified atom stereocenters. The van der Waals surface area contributed by atoms with Gasteiger partial charge in [0, 0.05) is 13.0 Å². The number of likely N-dealkylation sites (tertiary alicyclic amines) is 1. The fourth-order valence-electron chi connectivity index (χ4n) is 2.91. The van der Waals surface area contributed by atoms with Crippen molar-refractivity contribution in [2.45, 2.75) is 12.8 Å². The molecule has 2 aromatic carbocycles. The summed E-state index contributed by atoms with van der Waals surface area (Å²) in [6.45, 7) is 0.569. The summed E-state index contributed by atoms with van der Waals surface area (Å²) in [5.41, 5.74) is 0.456. The first-order valence-electron chi connectivity index (χ1n) is 8.09. The van der Waals surface area contributed by atoms with Gasteiger partial charge in [0.1, 0.15) is 18.2 Å². The van der Waals surface area contributed by atoms with Gasteiger partial charge in [0.25, 0.3) is 5.91 Å². The average Bonchev–Trinajstić information content (AvgIpc) is 3.04. The van der Waals surface area contributed by atoms with Crippen molar-refractivity contribution in [3.8, 4) is 5.75 Å². The number of carbonyl (C=O) groups is 2. The highest BCUT2D eigenvalue weighted by Gasteiger charge is 2.28. The van der Waals surface area contributed by atoms with Crippen molar-refractivity contribution in [1.29, 1.82) is 0 Å². The third-order valence-electron chi connectivity index (χ3n) is 4.21. The largest absolute Gasteiger partial charge is 0.496 e. The van der Waals surface area contributed by atoms with Gasteiger partial charge in [-0.15, -0.1) is 0 Å². The van der Waals surface area contributed by atoms with E-state index in [-0.39, 0.29) is 18.3 Å². The normalized spacial score (nSPS) is 13.8. The molecule has 0 aliphatic carbocycles. The molecule has 5 nitrogen and oxygen atoms in total. The molecule has 1 aliphatic rings. The van der Waals surface area contributed by atoms with Crippen LogP contribution in [-0.4, -0.2) is 37.0 Å². The van der Waals surface area contributed by atoms with Crippen LogP contribution in [0.4, 0.5) is 10.1 Å². The Morgan fingerprint density at radius 3 is 2.60 bits per heavy atom. The zero-order chi connectivity index (χ0) is 17.8. The maximum Gasteiger partial charge on any atom is 0.263 e. The van der Waals surface area contributed by atoms with Crippen LogP contribution in [0.3, 0.4) is 0 Å². The van der Waals surface area contributed by atoms with Crippen molar-refractivity contribution >= 4 is 17.5 Å². The SMILES string of the molecule is COc1ccccc1C(=O)N(CN1CCCC1=O)c1ccccc1F. The van der Waals surface area contributed by atoms with E-state index < -0.39 is 11.7 Å². The molecule has 0 bridgehead atoms. The molecular weight excluding hydrogens is 323 g/mol. The van der Waals surface area contributed by atoms with Crippen LogP contribution in [0.2, 0.25) is 0 Å². The van der Waals surface area contributed by atoms with Gasteiger partial charge in [-0.1, -0.05) is 24.3 Å². The van der Waals surface area contributed by atoms with E-state index >= 15 is 0 Å². The molecule has 1 saturated heterocycles. The molecule has 0 aromatic heterocycles. The molecule has 2 amide bonds. The van der Waals surface area contributed by atoms with Crippen molar-refractivity contribution < 1.29 is 18.7 Å². The van der Waals surface area contributed by atoms with Gasteiger partial charge in [-0.2, -0.15) is 0 Å². The van der Waals surface area contributed by atoms with Crippen LogP contribution in [0.15, 0.2) is 48.5 Å². The Balaban J connectivity index is 1.99. The number of ether oxygens (including phenoxy) is 1. The number of hydrogen-bond donors (Lipinski definition) is 0. The van der Waals surface area contributed by atoms with Gasteiger partial charge in [-0.05, 0) is 30.7 Å². The number of para-hydroxylation sites is 2. The minimum Gasteiger partial charge on any atom is -0.496 e. The van der Waals surface area contributed by atoms with Crippen molar-refractivity contribution in [3.05, 3.63) is 59.9 Å². The number of methoxy groups -OCH3 is 1. The maximum atomic E-state index is 14.3. The van der Waals surface area contributed by atoms with E-state index in [1.165, 1.54) is 24.1 Å². The number of rotatable bonds is 5. The Bertz CT molecular complexity index is 794. The molecule has 3 rings (SSSR count). The first kappa shape index (κ1) is 17.0. The molecule has 6 heteroatoms. The smallest absolute Gasteiger partial charge is 0.263 e. The topological polar surface area (TPSA) is 49.9 Å². The Labute approximate surface area is 145 Å². The fourth-order valence-corrected chi connectivity index (χ4v) is 2.91. The van der Waals surface area contributed by atoms with Crippen LogP contribution in [0.5, 0.6) is 5.75 Å². The summed E-state index contributed by atoms with van der Waals surface area (Å²) < 4.78 is 19.6. The van der Waals surface area contributed by atoms with Gasteiger partial charge in [0.2, 0.25) is 5.91 Å². The van der Waals surface area contributed by atoms with Crippen LogP contribution in [0.1, 0.15) is 23.2 Å². The Hall–Kier alpha value is -2.89. The van der Waals surface area contributed by atoms with E-state index in [4.69, 9.17) is 4.74 Å². The Morgan fingerprint density at radius 2 is 1.92 bits per heavy atom. The lowest BCUT2D eigenvalue weighted by molar-refractivity contribution is -0.127. The molecule has 0 N–H and O–H groups in total. The molecule has 0 spiro atoms. The van der Waals surface area contributed by atoms with Crippen molar-refractivity contribution in [3.63, 3.8) is 0 Å². The minimum atomic E-state index is -0.516. The first-order chi connectivity index (χ1) is 12.1. The number of halogens is 1. The monoisotopic (exact) mass is 342 g/mol. The van der Waals surface area contributed by atoms with Gasteiger partial charge < -0.3 is 9.64 Å². The third-order valence-corrected chi connectivity index (χ3v) is 4.21. The predicted molar refractivity (Wildman–Crippen MR) is 92.0 cm³/mol. The summed E-state index contributed by atoms with van der Waals surface area (Å²) in [6, 6.07) is 12.8. The second kappa shape index (κ2) is 7.34. The van der Waals surface area contributed by atoms with Crippen LogP contribution < -0.4 is 9.64 Å². The van der Waals surface area contributed by atoms with Crippen molar-refractivity contribution in [2.75, 3.05) is 25.2 Å². The van der Waals surface area contributed by atoms with Crippen LogP contribution >= 0.6 is 0 Å². The zero-order valence-corrected chi connectivity index (χ0v) is 13.9. The highest BCUT2D eigenvalue weighted by Crippen LogP contribution is 2.26. The van der Waals surface area contributed by atoms with Gasteiger partial charge in [-0.25, -0.2) is 4.39 Å². The number of anilines is 1. The minimum absolute atomic E-state index is 0.0106. The van der Waals surface area contributed by atoms with E-state index in [2.05, 4.69) is 0 Å². The summed E-state index contributed by atoms with van der Waals surface area (Å²) in [5, 5.41) is 0. The van der Waals surface area contributed by atoms with Crippen LogP contribution in [0.25, 0.3) is 0 Å².